The van der Waals surface area contributed by atoms with Gasteiger partial charge in [-0.25, -0.2) is 0 Å². The molecule has 1 N–H and O–H groups in total. The average molecular weight is 496 g/mol. The number of fused-ring (bicyclic) bond motifs is 1. The van der Waals surface area contributed by atoms with Crippen LogP contribution in [0.2, 0.25) is 0 Å². The molecule has 0 aliphatic carbocycles. The molecule has 0 spiro atoms. The van der Waals surface area contributed by atoms with E-state index in [4.69, 9.17) is 0 Å². The van der Waals surface area contributed by atoms with Gasteiger partial charge in [-0.1, -0.05) is 55.5 Å². The highest BCUT2D eigenvalue weighted by Gasteiger charge is 2.20. The second-order valence-electron chi connectivity index (χ2n) is 9.84. The van der Waals surface area contributed by atoms with Gasteiger partial charge in [0.1, 0.15) is 0 Å². The number of para-hydroxylation sites is 1. The number of rotatable bonds is 9. The summed E-state index contributed by atoms with van der Waals surface area (Å²) < 4.78 is 2.27. The third-order valence-electron chi connectivity index (χ3n) is 7.39. The van der Waals surface area contributed by atoms with Crippen LogP contribution in [0, 0.1) is 6.92 Å². The lowest BCUT2D eigenvalue weighted by Gasteiger charge is -2.36. The summed E-state index contributed by atoms with van der Waals surface area (Å²) in [5.41, 5.74) is 6.40. The molecule has 0 unspecified atom stereocenters. The van der Waals surface area contributed by atoms with E-state index >= 15 is 0 Å². The summed E-state index contributed by atoms with van der Waals surface area (Å²) in [6, 6.07) is 22.9. The first kappa shape index (κ1) is 25.0. The first-order valence-electron chi connectivity index (χ1n) is 13.5. The van der Waals surface area contributed by atoms with E-state index < -0.39 is 0 Å². The Bertz CT molecular complexity index is 1330. The van der Waals surface area contributed by atoms with E-state index in [2.05, 4.69) is 81.0 Å². The van der Waals surface area contributed by atoms with Gasteiger partial charge in [-0.3, -0.25) is 14.7 Å². The van der Waals surface area contributed by atoms with E-state index in [0.717, 1.165) is 80.1 Å². The van der Waals surface area contributed by atoms with Gasteiger partial charge < -0.3 is 14.8 Å². The Morgan fingerprint density at radius 1 is 0.946 bits per heavy atom. The monoisotopic (exact) mass is 495 g/mol. The van der Waals surface area contributed by atoms with Crippen LogP contribution in [-0.4, -0.2) is 59.6 Å². The zero-order valence-electron chi connectivity index (χ0n) is 22.0. The summed E-state index contributed by atoms with van der Waals surface area (Å²) in [7, 11) is 0. The van der Waals surface area contributed by atoms with E-state index in [-0.39, 0.29) is 5.91 Å². The van der Waals surface area contributed by atoms with Gasteiger partial charge in [0.05, 0.1) is 16.8 Å². The van der Waals surface area contributed by atoms with Crippen molar-refractivity contribution in [2.75, 3.05) is 44.2 Å². The SMILES string of the molecule is CCCn1c(-c2ccccc2)cc(C(=O)NCCCN2CCN(c3cccc4cccnc34)CC2)c1C. The van der Waals surface area contributed by atoms with Crippen LogP contribution in [0.15, 0.2) is 72.9 Å². The normalized spacial score (nSPS) is 14.3. The standard InChI is InChI=1S/C31H37N5O/c1-3-17-36-24(2)27(23-29(36)25-10-5-4-6-11-25)31(37)33-16-9-18-34-19-21-35(22-20-34)28-14-7-12-26-13-8-15-32-30(26)28/h4-8,10-15,23H,3,9,16-22H2,1-2H3,(H,33,37). The Hall–Kier alpha value is -3.64. The van der Waals surface area contributed by atoms with Crippen molar-refractivity contribution < 1.29 is 4.79 Å². The van der Waals surface area contributed by atoms with Crippen LogP contribution in [0.1, 0.15) is 35.8 Å². The summed E-state index contributed by atoms with van der Waals surface area (Å²) in [6.45, 7) is 10.9. The molecule has 3 heterocycles. The molecular formula is C31H37N5O. The maximum atomic E-state index is 13.1. The lowest BCUT2D eigenvalue weighted by atomic mass is 10.1. The van der Waals surface area contributed by atoms with Gasteiger partial charge >= 0.3 is 0 Å². The zero-order chi connectivity index (χ0) is 25.6. The maximum absolute atomic E-state index is 13.1. The summed E-state index contributed by atoms with van der Waals surface area (Å²) in [6.07, 6.45) is 3.85. The third kappa shape index (κ3) is 5.54. The topological polar surface area (TPSA) is 53.4 Å². The van der Waals surface area contributed by atoms with Crippen LogP contribution < -0.4 is 10.2 Å². The van der Waals surface area contributed by atoms with Crippen molar-refractivity contribution in [1.29, 1.82) is 0 Å². The number of amides is 1. The number of carbonyl (C=O) groups is 1. The second-order valence-corrected chi connectivity index (χ2v) is 9.84. The van der Waals surface area contributed by atoms with Crippen LogP contribution in [0.25, 0.3) is 22.2 Å². The quantitative estimate of drug-likeness (QED) is 0.318. The number of nitrogens with one attached hydrogen (secondary N) is 1. The van der Waals surface area contributed by atoms with E-state index in [9.17, 15) is 4.79 Å². The van der Waals surface area contributed by atoms with Crippen molar-refractivity contribution in [1.82, 2.24) is 19.8 Å². The number of piperazine rings is 1. The maximum Gasteiger partial charge on any atom is 0.253 e. The lowest BCUT2D eigenvalue weighted by molar-refractivity contribution is 0.0950. The smallest absolute Gasteiger partial charge is 0.253 e. The number of aromatic nitrogens is 2. The van der Waals surface area contributed by atoms with Gasteiger partial charge in [-0.15, -0.1) is 0 Å². The Morgan fingerprint density at radius 3 is 2.51 bits per heavy atom. The predicted octanol–water partition coefficient (Wildman–Crippen LogP) is 5.36. The van der Waals surface area contributed by atoms with Gasteiger partial charge in [0.15, 0.2) is 0 Å². The third-order valence-corrected chi connectivity index (χ3v) is 7.39. The molecule has 0 radical (unpaired) electrons. The highest BCUT2D eigenvalue weighted by molar-refractivity contribution is 5.97. The van der Waals surface area contributed by atoms with Crippen LogP contribution in [-0.2, 0) is 6.54 Å². The highest BCUT2D eigenvalue weighted by atomic mass is 16.1. The molecule has 1 aliphatic rings. The highest BCUT2D eigenvalue weighted by Crippen LogP contribution is 2.27. The molecule has 1 saturated heterocycles. The van der Waals surface area contributed by atoms with Crippen molar-refractivity contribution in [3.8, 4) is 11.3 Å². The molecule has 5 rings (SSSR count). The van der Waals surface area contributed by atoms with Crippen LogP contribution >= 0.6 is 0 Å². The summed E-state index contributed by atoms with van der Waals surface area (Å²) in [5.74, 6) is 0.0257. The van der Waals surface area contributed by atoms with E-state index in [0.29, 0.717) is 6.54 Å². The van der Waals surface area contributed by atoms with Crippen LogP contribution in [0.3, 0.4) is 0 Å². The van der Waals surface area contributed by atoms with Gasteiger partial charge in [0.25, 0.3) is 5.91 Å². The number of carbonyl (C=O) groups excluding carboxylic acids is 1. The number of anilines is 1. The van der Waals surface area contributed by atoms with E-state index in [1.54, 1.807) is 0 Å². The van der Waals surface area contributed by atoms with Gasteiger partial charge in [0, 0.05) is 62.2 Å². The van der Waals surface area contributed by atoms with Gasteiger partial charge in [0.2, 0.25) is 0 Å². The minimum Gasteiger partial charge on any atom is -0.367 e. The molecule has 2 aromatic carbocycles. The fourth-order valence-corrected chi connectivity index (χ4v) is 5.39. The molecule has 192 valence electrons. The van der Waals surface area contributed by atoms with Crippen LogP contribution in [0.4, 0.5) is 5.69 Å². The average Bonchev–Trinajstić information content (AvgIpc) is 3.27. The number of hydrogen-bond acceptors (Lipinski definition) is 4. The van der Waals surface area contributed by atoms with Crippen molar-refractivity contribution in [3.63, 3.8) is 0 Å². The molecule has 1 aliphatic heterocycles. The Morgan fingerprint density at radius 2 is 1.73 bits per heavy atom. The largest absolute Gasteiger partial charge is 0.367 e. The fourth-order valence-electron chi connectivity index (χ4n) is 5.39. The first-order valence-corrected chi connectivity index (χ1v) is 13.5. The minimum absolute atomic E-state index is 0.0257. The predicted molar refractivity (Wildman–Crippen MR) is 152 cm³/mol. The molecule has 2 aromatic heterocycles. The van der Waals surface area contributed by atoms with E-state index in [1.165, 1.54) is 11.1 Å². The molecule has 0 atom stereocenters. The first-order chi connectivity index (χ1) is 18.2. The van der Waals surface area contributed by atoms with Crippen molar-refractivity contribution in [2.45, 2.75) is 33.2 Å². The van der Waals surface area contributed by atoms with Crippen molar-refractivity contribution >= 4 is 22.5 Å². The summed E-state index contributed by atoms with van der Waals surface area (Å²) >= 11 is 0. The van der Waals surface area contributed by atoms with Crippen molar-refractivity contribution in [2.24, 2.45) is 0 Å². The molecule has 6 heteroatoms. The zero-order valence-corrected chi connectivity index (χ0v) is 22.0. The Labute approximate surface area is 219 Å². The number of nitrogens with zero attached hydrogens (tertiary/aromatic N) is 4. The molecule has 0 bridgehead atoms. The molecule has 1 amide bonds. The van der Waals surface area contributed by atoms with Crippen LogP contribution in [0.5, 0.6) is 0 Å². The Kier molecular flexibility index (Phi) is 7.85. The molecular weight excluding hydrogens is 458 g/mol. The summed E-state index contributed by atoms with van der Waals surface area (Å²) in [4.78, 5) is 22.6. The lowest BCUT2D eigenvalue weighted by Crippen LogP contribution is -2.47. The number of pyridine rings is 1. The molecule has 37 heavy (non-hydrogen) atoms. The van der Waals surface area contributed by atoms with Gasteiger partial charge in [-0.2, -0.15) is 0 Å². The number of benzene rings is 2. The van der Waals surface area contributed by atoms with Gasteiger partial charge in [-0.05, 0) is 50.1 Å². The van der Waals surface area contributed by atoms with E-state index in [1.807, 2.05) is 30.5 Å². The molecule has 0 saturated carbocycles. The molecule has 6 nitrogen and oxygen atoms in total. The number of hydrogen-bond donors (Lipinski definition) is 1. The fraction of sp³-hybridized carbons (Fsp3) is 0.355. The molecule has 1 fully saturated rings. The minimum atomic E-state index is 0.0257. The molecule has 4 aromatic rings. The Balaban J connectivity index is 1.12. The summed E-state index contributed by atoms with van der Waals surface area (Å²) in [5, 5.41) is 4.36. The second kappa shape index (κ2) is 11.6. The van der Waals surface area contributed by atoms with Crippen molar-refractivity contribution in [3.05, 3.63) is 84.2 Å².